The maximum Gasteiger partial charge on any atom is 0.137 e. The molecule has 1 aliphatic rings. The molecular weight excluding hydrogens is 284 g/mol. The van der Waals surface area contributed by atoms with Crippen LogP contribution in [0.4, 0.5) is 0 Å². The van der Waals surface area contributed by atoms with E-state index in [0.717, 1.165) is 51.3 Å². The molecule has 0 unspecified atom stereocenters. The van der Waals surface area contributed by atoms with Crippen LogP contribution in [0.15, 0.2) is 12.3 Å². The normalized spacial score (nSPS) is 15.8. The average molecular weight is 307 g/mol. The van der Waals surface area contributed by atoms with Crippen LogP contribution in [0.3, 0.4) is 0 Å². The van der Waals surface area contributed by atoms with Gasteiger partial charge in [-0.3, -0.25) is 4.90 Å². The van der Waals surface area contributed by atoms with Crippen molar-refractivity contribution in [2.24, 2.45) is 0 Å². The molecule has 0 saturated heterocycles. The molecule has 3 rings (SSSR count). The van der Waals surface area contributed by atoms with Gasteiger partial charge in [0.25, 0.3) is 0 Å². The maximum absolute atomic E-state index is 6.10. The number of nitrogens with zero attached hydrogens (tertiary/aromatic N) is 3. The number of likely N-dealkylation sites (N-methyl/N-ethyl adjacent to an activating group) is 1. The topological polar surface area (TPSA) is 35.2 Å². The molecule has 0 saturated carbocycles. The first-order valence-corrected chi connectivity index (χ1v) is 8.18. The fraction of sp³-hybridized carbons (Fsp3) is 0.562. The summed E-state index contributed by atoms with van der Waals surface area (Å²) >= 11 is 6.10. The van der Waals surface area contributed by atoms with Crippen molar-refractivity contribution in [3.63, 3.8) is 0 Å². The lowest BCUT2D eigenvalue weighted by Crippen LogP contribution is -2.37. The summed E-state index contributed by atoms with van der Waals surface area (Å²) < 4.78 is 0. The van der Waals surface area contributed by atoms with E-state index in [2.05, 4.69) is 33.6 Å². The number of fused-ring (bicyclic) bond motifs is 3. The maximum atomic E-state index is 6.10. The Morgan fingerprint density at radius 1 is 1.38 bits per heavy atom. The van der Waals surface area contributed by atoms with Crippen LogP contribution in [0.5, 0.6) is 0 Å². The summed E-state index contributed by atoms with van der Waals surface area (Å²) in [7, 11) is 0. The van der Waals surface area contributed by atoms with E-state index in [1.807, 2.05) is 6.07 Å². The van der Waals surface area contributed by atoms with Gasteiger partial charge in [-0.2, -0.15) is 0 Å². The number of halogens is 1. The van der Waals surface area contributed by atoms with Crippen LogP contribution in [0.25, 0.3) is 11.0 Å². The quantitative estimate of drug-likeness (QED) is 0.922. The molecule has 0 radical (unpaired) electrons. The zero-order valence-electron chi connectivity index (χ0n) is 12.8. The Kier molecular flexibility index (Phi) is 4.48. The molecule has 0 amide bonds. The lowest BCUT2D eigenvalue weighted by Gasteiger charge is -2.29. The molecule has 0 aromatic carbocycles. The highest BCUT2D eigenvalue weighted by atomic mass is 35.5. The third-order valence-electron chi connectivity index (χ3n) is 4.50. The molecule has 1 N–H and O–H groups in total. The van der Waals surface area contributed by atoms with Crippen molar-refractivity contribution in [2.45, 2.75) is 26.8 Å². The van der Waals surface area contributed by atoms with E-state index < -0.39 is 0 Å². The molecule has 114 valence electrons. The first-order chi connectivity index (χ1) is 10.2. The third-order valence-corrected chi connectivity index (χ3v) is 4.71. The molecule has 21 heavy (non-hydrogen) atoms. The smallest absolute Gasteiger partial charge is 0.137 e. The van der Waals surface area contributed by atoms with Gasteiger partial charge in [-0.1, -0.05) is 25.4 Å². The van der Waals surface area contributed by atoms with Gasteiger partial charge in [0.1, 0.15) is 5.65 Å². The highest BCUT2D eigenvalue weighted by Crippen LogP contribution is 2.28. The largest absolute Gasteiger partial charge is 0.343 e. The second-order valence-electron chi connectivity index (χ2n) is 5.68. The Balaban J connectivity index is 1.75. The summed E-state index contributed by atoms with van der Waals surface area (Å²) in [6, 6.07) is 2.03. The Bertz CT molecular complexity index is 618. The number of H-pyrrole nitrogens is 1. The molecule has 0 bridgehead atoms. The van der Waals surface area contributed by atoms with Gasteiger partial charge in [0.2, 0.25) is 0 Å². The lowest BCUT2D eigenvalue weighted by molar-refractivity contribution is 0.202. The van der Waals surface area contributed by atoms with Crippen LogP contribution in [-0.4, -0.2) is 52.5 Å². The number of pyridine rings is 1. The summed E-state index contributed by atoms with van der Waals surface area (Å²) in [5, 5.41) is 1.90. The van der Waals surface area contributed by atoms with Crippen LogP contribution in [0.2, 0.25) is 5.02 Å². The summed E-state index contributed by atoms with van der Waals surface area (Å²) in [5.41, 5.74) is 3.68. The standard InChI is InChI=1S/C16H23ClN4/c1-3-20(4-2)7-8-21-6-5-15-14(11-21)13-9-12(17)10-18-16(13)19-15/h9-10H,3-8,11H2,1-2H3,(H,18,19). The second-order valence-corrected chi connectivity index (χ2v) is 6.12. The number of hydrogen-bond donors (Lipinski definition) is 1. The van der Waals surface area contributed by atoms with Gasteiger partial charge in [0.05, 0.1) is 5.02 Å². The molecule has 2 aromatic rings. The molecule has 1 aliphatic heterocycles. The Labute approximate surface area is 131 Å². The molecule has 2 aromatic heterocycles. The van der Waals surface area contributed by atoms with Gasteiger partial charge < -0.3 is 9.88 Å². The number of nitrogens with one attached hydrogen (secondary N) is 1. The predicted octanol–water partition coefficient (Wildman–Crippen LogP) is 2.92. The van der Waals surface area contributed by atoms with E-state index in [1.54, 1.807) is 6.20 Å². The van der Waals surface area contributed by atoms with Crippen LogP contribution in [0.1, 0.15) is 25.1 Å². The Hall–Kier alpha value is -1.10. The minimum atomic E-state index is 0.713. The first kappa shape index (κ1) is 14.8. The third kappa shape index (κ3) is 3.07. The molecule has 3 heterocycles. The molecule has 5 heteroatoms. The van der Waals surface area contributed by atoms with Gasteiger partial charge in [-0.15, -0.1) is 0 Å². The van der Waals surface area contributed by atoms with Crippen molar-refractivity contribution >= 4 is 22.6 Å². The summed E-state index contributed by atoms with van der Waals surface area (Å²) in [6.45, 7) is 11.1. The SMILES string of the molecule is CCN(CC)CCN1CCc2[nH]c3ncc(Cl)cc3c2C1. The summed E-state index contributed by atoms with van der Waals surface area (Å²) in [5.74, 6) is 0. The second kappa shape index (κ2) is 6.34. The molecular formula is C16H23ClN4. The van der Waals surface area contributed by atoms with Gasteiger partial charge >= 0.3 is 0 Å². The summed E-state index contributed by atoms with van der Waals surface area (Å²) in [4.78, 5) is 12.9. The zero-order chi connectivity index (χ0) is 14.8. The Morgan fingerprint density at radius 3 is 2.95 bits per heavy atom. The number of hydrogen-bond acceptors (Lipinski definition) is 3. The van der Waals surface area contributed by atoms with Crippen LogP contribution >= 0.6 is 11.6 Å². The molecule has 0 aliphatic carbocycles. The van der Waals surface area contributed by atoms with Gasteiger partial charge in [0.15, 0.2) is 0 Å². The van der Waals surface area contributed by atoms with Crippen molar-refractivity contribution < 1.29 is 0 Å². The molecule has 0 spiro atoms. The lowest BCUT2D eigenvalue weighted by atomic mass is 10.1. The van der Waals surface area contributed by atoms with E-state index >= 15 is 0 Å². The monoisotopic (exact) mass is 306 g/mol. The van der Waals surface area contributed by atoms with E-state index in [-0.39, 0.29) is 0 Å². The fourth-order valence-electron chi connectivity index (χ4n) is 3.13. The minimum Gasteiger partial charge on any atom is -0.343 e. The average Bonchev–Trinajstić information content (AvgIpc) is 2.86. The Morgan fingerprint density at radius 2 is 2.19 bits per heavy atom. The summed E-state index contributed by atoms with van der Waals surface area (Å²) in [6.07, 6.45) is 2.78. The molecule has 0 fully saturated rings. The molecule has 0 atom stereocenters. The van der Waals surface area contributed by atoms with Gasteiger partial charge in [0, 0.05) is 49.9 Å². The van der Waals surface area contributed by atoms with Crippen molar-refractivity contribution in [1.29, 1.82) is 0 Å². The van der Waals surface area contributed by atoms with Crippen molar-refractivity contribution in [3.05, 3.63) is 28.5 Å². The van der Waals surface area contributed by atoms with Gasteiger partial charge in [-0.25, -0.2) is 4.98 Å². The van der Waals surface area contributed by atoms with Crippen molar-refractivity contribution in [1.82, 2.24) is 19.8 Å². The van der Waals surface area contributed by atoms with E-state index in [9.17, 15) is 0 Å². The van der Waals surface area contributed by atoms with Gasteiger partial charge in [-0.05, 0) is 24.7 Å². The first-order valence-electron chi connectivity index (χ1n) is 7.81. The van der Waals surface area contributed by atoms with E-state index in [1.165, 1.54) is 16.6 Å². The zero-order valence-corrected chi connectivity index (χ0v) is 13.6. The van der Waals surface area contributed by atoms with Crippen LogP contribution in [-0.2, 0) is 13.0 Å². The molecule has 4 nitrogen and oxygen atoms in total. The minimum absolute atomic E-state index is 0.713. The van der Waals surface area contributed by atoms with Crippen LogP contribution in [0, 0.1) is 0 Å². The fourth-order valence-corrected chi connectivity index (χ4v) is 3.29. The number of aromatic amines is 1. The number of rotatable bonds is 5. The van der Waals surface area contributed by atoms with Crippen molar-refractivity contribution in [3.8, 4) is 0 Å². The van der Waals surface area contributed by atoms with E-state index in [4.69, 9.17) is 11.6 Å². The highest BCUT2D eigenvalue weighted by molar-refractivity contribution is 6.31. The van der Waals surface area contributed by atoms with Crippen molar-refractivity contribution in [2.75, 3.05) is 32.7 Å². The van der Waals surface area contributed by atoms with E-state index in [0.29, 0.717) is 5.02 Å². The van der Waals surface area contributed by atoms with Crippen LogP contribution < -0.4 is 0 Å². The highest BCUT2D eigenvalue weighted by Gasteiger charge is 2.21. The predicted molar refractivity (Wildman–Crippen MR) is 87.9 cm³/mol. The number of aromatic nitrogens is 2.